The number of nitrogens with one attached hydrogen (secondary N) is 4. The molecule has 0 spiro atoms. The normalized spacial score (nSPS) is 10.1. The highest BCUT2D eigenvalue weighted by atomic mass is 32.1. The zero-order chi connectivity index (χ0) is 27.2. The van der Waals surface area contributed by atoms with Crippen molar-refractivity contribution in [2.24, 2.45) is 0 Å². The fourth-order valence-corrected chi connectivity index (χ4v) is 3.76. The van der Waals surface area contributed by atoms with E-state index in [1.54, 1.807) is 5.38 Å². The van der Waals surface area contributed by atoms with E-state index in [0.717, 1.165) is 37.5 Å². The third-order valence-electron chi connectivity index (χ3n) is 4.97. The Morgan fingerprint density at radius 3 is 2.43 bits per heavy atom. The molecule has 0 saturated heterocycles. The molecule has 12 heteroatoms. The number of ether oxygens (including phenoxy) is 1. The largest absolute Gasteiger partial charge is 0.464 e. The third-order valence-corrected chi connectivity index (χ3v) is 5.86. The molecule has 2 aromatic rings. The molecule has 0 fully saturated rings. The van der Waals surface area contributed by atoms with Crippen molar-refractivity contribution in [3.05, 3.63) is 65.5 Å². The Labute approximate surface area is 218 Å². The average molecular weight is 528 g/mol. The van der Waals surface area contributed by atoms with Crippen molar-refractivity contribution < 1.29 is 28.7 Å². The SMILES string of the molecule is C=C(NC(=O)c1csc(-c2ccc(CNC(=O)CCCCCNC=O)cc2)n1)C(=O)NC(=C)C(=O)OC. The third kappa shape index (κ3) is 9.68. The Balaban J connectivity index is 1.82. The molecule has 0 saturated carbocycles. The molecule has 0 radical (unpaired) electrons. The number of unbranched alkanes of at least 4 members (excludes halogenated alkanes) is 2. The number of hydrogen-bond acceptors (Lipinski definition) is 8. The Morgan fingerprint density at radius 1 is 1.03 bits per heavy atom. The molecule has 1 heterocycles. The van der Waals surface area contributed by atoms with Crippen LogP contribution in [0.2, 0.25) is 0 Å². The zero-order valence-corrected chi connectivity index (χ0v) is 21.2. The Bertz CT molecular complexity index is 1160. The molecule has 0 aliphatic heterocycles. The summed E-state index contributed by atoms with van der Waals surface area (Å²) in [6, 6.07) is 7.41. The van der Waals surface area contributed by atoms with E-state index in [1.165, 1.54) is 11.3 Å². The van der Waals surface area contributed by atoms with E-state index in [4.69, 9.17) is 0 Å². The van der Waals surface area contributed by atoms with Gasteiger partial charge in [0.1, 0.15) is 16.4 Å². The Kier molecular flexibility index (Phi) is 11.7. The first-order valence-corrected chi connectivity index (χ1v) is 12.2. The number of thiazole rings is 1. The van der Waals surface area contributed by atoms with E-state index < -0.39 is 17.8 Å². The van der Waals surface area contributed by atoms with Crippen LogP contribution in [0.25, 0.3) is 10.6 Å². The minimum atomic E-state index is -0.818. The van der Waals surface area contributed by atoms with Gasteiger partial charge in [-0.3, -0.25) is 19.2 Å². The maximum atomic E-state index is 12.4. The van der Waals surface area contributed by atoms with Gasteiger partial charge in [0.25, 0.3) is 11.8 Å². The van der Waals surface area contributed by atoms with Crippen molar-refractivity contribution in [2.75, 3.05) is 13.7 Å². The number of nitrogens with zero attached hydrogens (tertiary/aromatic N) is 1. The highest BCUT2D eigenvalue weighted by Crippen LogP contribution is 2.24. The fourth-order valence-electron chi connectivity index (χ4n) is 2.96. The summed E-state index contributed by atoms with van der Waals surface area (Å²) < 4.78 is 4.44. The van der Waals surface area contributed by atoms with Gasteiger partial charge in [0.05, 0.1) is 12.8 Å². The van der Waals surface area contributed by atoms with E-state index in [2.05, 4.69) is 44.1 Å². The van der Waals surface area contributed by atoms with Crippen LogP contribution in [0.4, 0.5) is 0 Å². The second-order valence-electron chi connectivity index (χ2n) is 7.75. The molecule has 37 heavy (non-hydrogen) atoms. The van der Waals surface area contributed by atoms with E-state index in [1.807, 2.05) is 24.3 Å². The fraction of sp³-hybridized carbons (Fsp3) is 0.280. The number of benzene rings is 1. The van der Waals surface area contributed by atoms with Crippen LogP contribution in [-0.4, -0.2) is 48.7 Å². The Morgan fingerprint density at radius 2 is 1.76 bits per heavy atom. The number of aromatic nitrogens is 1. The molecule has 4 amide bonds. The number of hydrogen-bond donors (Lipinski definition) is 4. The molecule has 11 nitrogen and oxygen atoms in total. The molecular formula is C25H29N5O6S. The summed E-state index contributed by atoms with van der Waals surface area (Å²) in [5.41, 5.74) is 1.22. The van der Waals surface area contributed by atoms with Gasteiger partial charge in [-0.15, -0.1) is 11.3 Å². The number of esters is 1. The molecule has 4 N–H and O–H groups in total. The minimum absolute atomic E-state index is 0.0344. The lowest BCUT2D eigenvalue weighted by atomic mass is 10.1. The van der Waals surface area contributed by atoms with Crippen molar-refractivity contribution in [3.8, 4) is 10.6 Å². The van der Waals surface area contributed by atoms with Gasteiger partial charge < -0.3 is 26.0 Å². The summed E-state index contributed by atoms with van der Waals surface area (Å²) in [4.78, 5) is 62.3. The number of carbonyl (C=O) groups excluding carboxylic acids is 5. The van der Waals surface area contributed by atoms with Gasteiger partial charge in [0.15, 0.2) is 0 Å². The standard InChI is InChI=1S/C25H29N5O6S/c1-16(22(33)29-17(2)25(35)36-3)28-23(34)20-14-37-24(30-20)19-10-8-18(9-11-19)13-27-21(32)7-5-4-6-12-26-15-31/h8-11,14-15H,1-2,4-7,12-13H2,3H3,(H,26,31)(H,27,32)(H,28,34)(H,29,33). The number of methoxy groups -OCH3 is 1. The molecule has 0 unspecified atom stereocenters. The zero-order valence-electron chi connectivity index (χ0n) is 20.4. The number of carbonyl (C=O) groups is 5. The number of rotatable bonds is 15. The van der Waals surface area contributed by atoms with E-state index in [9.17, 15) is 24.0 Å². The van der Waals surface area contributed by atoms with Gasteiger partial charge in [-0.1, -0.05) is 43.8 Å². The van der Waals surface area contributed by atoms with Crippen molar-refractivity contribution in [1.82, 2.24) is 26.3 Å². The average Bonchev–Trinajstić information content (AvgIpc) is 3.39. The first-order valence-electron chi connectivity index (χ1n) is 11.3. The lowest BCUT2D eigenvalue weighted by Gasteiger charge is -2.09. The second-order valence-corrected chi connectivity index (χ2v) is 8.61. The van der Waals surface area contributed by atoms with Gasteiger partial charge in [-0.2, -0.15) is 0 Å². The van der Waals surface area contributed by atoms with E-state index >= 15 is 0 Å². The van der Waals surface area contributed by atoms with Crippen LogP contribution < -0.4 is 21.3 Å². The molecule has 0 aliphatic carbocycles. The summed E-state index contributed by atoms with van der Waals surface area (Å²) in [5.74, 6) is -2.30. The summed E-state index contributed by atoms with van der Waals surface area (Å²) in [6.07, 6.45) is 3.55. The first kappa shape index (κ1) is 28.9. The predicted octanol–water partition coefficient (Wildman–Crippen LogP) is 1.78. The monoisotopic (exact) mass is 527 g/mol. The Hall–Kier alpha value is -4.32. The summed E-state index contributed by atoms with van der Waals surface area (Å²) in [6.45, 7) is 7.87. The summed E-state index contributed by atoms with van der Waals surface area (Å²) in [5, 5.41) is 12.1. The van der Waals surface area contributed by atoms with Crippen LogP contribution in [0.5, 0.6) is 0 Å². The molecule has 196 valence electrons. The first-order chi connectivity index (χ1) is 17.7. The topological polar surface area (TPSA) is 156 Å². The molecular weight excluding hydrogens is 498 g/mol. The van der Waals surface area contributed by atoms with Crippen LogP contribution in [0.3, 0.4) is 0 Å². The second kappa shape index (κ2) is 14.9. The van der Waals surface area contributed by atoms with Crippen molar-refractivity contribution >= 4 is 41.4 Å². The molecule has 0 aliphatic rings. The summed E-state index contributed by atoms with van der Waals surface area (Å²) in [7, 11) is 1.14. The van der Waals surface area contributed by atoms with Crippen LogP contribution in [0, 0.1) is 0 Å². The van der Waals surface area contributed by atoms with Gasteiger partial charge in [0.2, 0.25) is 12.3 Å². The summed E-state index contributed by atoms with van der Waals surface area (Å²) >= 11 is 1.25. The maximum Gasteiger partial charge on any atom is 0.353 e. The quantitative estimate of drug-likeness (QED) is 0.119. The van der Waals surface area contributed by atoms with Crippen LogP contribution >= 0.6 is 11.3 Å². The lowest BCUT2D eigenvalue weighted by molar-refractivity contribution is -0.137. The molecule has 0 atom stereocenters. The van der Waals surface area contributed by atoms with Crippen LogP contribution in [0.15, 0.2) is 54.2 Å². The van der Waals surface area contributed by atoms with Crippen LogP contribution in [-0.2, 0) is 30.5 Å². The highest BCUT2D eigenvalue weighted by Gasteiger charge is 2.18. The van der Waals surface area contributed by atoms with E-state index in [-0.39, 0.29) is 23.0 Å². The molecule has 1 aromatic carbocycles. The smallest absolute Gasteiger partial charge is 0.353 e. The molecule has 2 rings (SSSR count). The predicted molar refractivity (Wildman–Crippen MR) is 138 cm³/mol. The van der Waals surface area contributed by atoms with E-state index in [0.29, 0.717) is 30.9 Å². The maximum absolute atomic E-state index is 12.4. The van der Waals surface area contributed by atoms with Crippen molar-refractivity contribution in [3.63, 3.8) is 0 Å². The molecule has 1 aromatic heterocycles. The van der Waals surface area contributed by atoms with Crippen molar-refractivity contribution in [2.45, 2.75) is 32.2 Å². The van der Waals surface area contributed by atoms with Gasteiger partial charge in [-0.05, 0) is 18.4 Å². The van der Waals surface area contributed by atoms with Gasteiger partial charge in [-0.25, -0.2) is 9.78 Å². The number of amides is 4. The van der Waals surface area contributed by atoms with Gasteiger partial charge in [0, 0.05) is 30.5 Å². The van der Waals surface area contributed by atoms with Crippen molar-refractivity contribution in [1.29, 1.82) is 0 Å². The van der Waals surface area contributed by atoms with Crippen LogP contribution in [0.1, 0.15) is 41.7 Å². The highest BCUT2D eigenvalue weighted by molar-refractivity contribution is 7.13. The van der Waals surface area contributed by atoms with Gasteiger partial charge >= 0.3 is 5.97 Å². The molecule has 0 bridgehead atoms. The lowest BCUT2D eigenvalue weighted by Crippen LogP contribution is -2.35. The minimum Gasteiger partial charge on any atom is -0.464 e.